The zero-order valence-corrected chi connectivity index (χ0v) is 18.6. The first kappa shape index (κ1) is 25.6. The highest BCUT2D eigenvalue weighted by atomic mass is 35.5. The highest BCUT2D eigenvalue weighted by Gasteiger charge is 2.33. The fourth-order valence-corrected chi connectivity index (χ4v) is 3.21. The van der Waals surface area contributed by atoms with E-state index in [1.165, 1.54) is 4.90 Å². The predicted molar refractivity (Wildman–Crippen MR) is 123 cm³/mol. The number of nitrogens with zero attached hydrogens (tertiary/aromatic N) is 2. The van der Waals surface area contributed by atoms with E-state index in [1.807, 2.05) is 25.1 Å². The number of likely N-dealkylation sites (N-methyl/N-ethyl adjacent to an activating group) is 1. The number of benzene rings is 2. The second-order valence-corrected chi connectivity index (χ2v) is 7.02. The maximum atomic E-state index is 13.0. The van der Waals surface area contributed by atoms with E-state index in [1.54, 1.807) is 24.3 Å². The molecule has 10 heteroatoms. The number of nitrogens with one attached hydrogen (secondary N) is 2. The zero-order valence-electron chi connectivity index (χ0n) is 16.9. The number of amides is 4. The lowest BCUT2D eigenvalue weighted by Gasteiger charge is -2.28. The number of hydrogen-bond acceptors (Lipinski definition) is 5. The molecule has 4 N–H and O–H groups in total. The molecule has 3 rings (SSSR count). The summed E-state index contributed by atoms with van der Waals surface area (Å²) >= 11 is 0. The SMILES string of the molecule is CN(C)CCN1C(=O)c2cccc3cc(NC(=O)NCCCN)cc(c23)C1=O.Cl.Cl. The fraction of sp³-hybridized carbons (Fsp3) is 0.350. The molecule has 1 aliphatic heterocycles. The third-order valence-corrected chi connectivity index (χ3v) is 4.62. The van der Waals surface area contributed by atoms with E-state index >= 15 is 0 Å². The normalized spacial score (nSPS) is 12.5. The Kier molecular flexibility index (Phi) is 9.51. The van der Waals surface area contributed by atoms with Crippen molar-refractivity contribution in [3.63, 3.8) is 0 Å². The van der Waals surface area contributed by atoms with Gasteiger partial charge in [0.1, 0.15) is 0 Å². The number of nitrogens with two attached hydrogens (primary N) is 1. The van der Waals surface area contributed by atoms with Crippen LogP contribution in [-0.2, 0) is 0 Å². The predicted octanol–water partition coefficient (Wildman–Crippen LogP) is 2.31. The number of carbonyl (C=O) groups excluding carboxylic acids is 3. The Hall–Kier alpha value is -2.39. The molecule has 0 unspecified atom stereocenters. The van der Waals surface area contributed by atoms with Gasteiger partial charge in [0.05, 0.1) is 5.56 Å². The molecule has 0 aromatic heterocycles. The lowest BCUT2D eigenvalue weighted by atomic mass is 9.93. The van der Waals surface area contributed by atoms with Gasteiger partial charge in [0.15, 0.2) is 0 Å². The summed E-state index contributed by atoms with van der Waals surface area (Å²) in [5, 5.41) is 6.84. The summed E-state index contributed by atoms with van der Waals surface area (Å²) < 4.78 is 0. The standard InChI is InChI=1S/C20H25N5O3.2ClH/c1-24(2)9-10-25-18(26)15-6-3-5-13-11-14(12-16(17(13)15)19(25)27)23-20(28)22-8-4-7-21;;/h3,5-6,11-12H,4,7-10,21H2,1-2H3,(H2,22,23,28);2*1H. The molecule has 0 radical (unpaired) electrons. The fourth-order valence-electron chi connectivity index (χ4n) is 3.21. The number of hydrogen-bond donors (Lipinski definition) is 3. The zero-order chi connectivity index (χ0) is 20.3. The van der Waals surface area contributed by atoms with E-state index in [0.29, 0.717) is 54.8 Å². The first-order chi connectivity index (χ1) is 13.4. The summed E-state index contributed by atoms with van der Waals surface area (Å²) in [5.74, 6) is -0.632. The van der Waals surface area contributed by atoms with E-state index in [0.717, 1.165) is 5.39 Å². The minimum absolute atomic E-state index is 0. The van der Waals surface area contributed by atoms with Gasteiger partial charge >= 0.3 is 6.03 Å². The highest BCUT2D eigenvalue weighted by Crippen LogP contribution is 2.32. The van der Waals surface area contributed by atoms with Gasteiger partial charge in [-0.05, 0) is 50.6 Å². The van der Waals surface area contributed by atoms with E-state index < -0.39 is 0 Å². The van der Waals surface area contributed by atoms with Crippen molar-refractivity contribution in [1.29, 1.82) is 0 Å². The Morgan fingerprint density at radius 3 is 2.47 bits per heavy atom. The number of imide groups is 1. The first-order valence-corrected chi connectivity index (χ1v) is 9.25. The summed E-state index contributed by atoms with van der Waals surface area (Å²) in [6, 6.07) is 8.38. The number of halogens is 2. The molecule has 2 aromatic rings. The summed E-state index contributed by atoms with van der Waals surface area (Å²) in [7, 11) is 3.78. The van der Waals surface area contributed by atoms with Crippen molar-refractivity contribution in [1.82, 2.24) is 15.1 Å². The van der Waals surface area contributed by atoms with Crippen LogP contribution >= 0.6 is 24.8 Å². The number of rotatable bonds is 7. The van der Waals surface area contributed by atoms with Crippen LogP contribution in [0.3, 0.4) is 0 Å². The van der Waals surface area contributed by atoms with Crippen LogP contribution in [0, 0.1) is 0 Å². The largest absolute Gasteiger partial charge is 0.338 e. The van der Waals surface area contributed by atoms with Crippen molar-refractivity contribution in [2.45, 2.75) is 6.42 Å². The van der Waals surface area contributed by atoms with E-state index in [4.69, 9.17) is 5.73 Å². The second kappa shape index (κ2) is 11.1. The minimum atomic E-state index is -0.361. The van der Waals surface area contributed by atoms with Crippen molar-refractivity contribution in [3.8, 4) is 0 Å². The second-order valence-electron chi connectivity index (χ2n) is 7.02. The Morgan fingerprint density at radius 2 is 1.80 bits per heavy atom. The molecule has 0 bridgehead atoms. The van der Waals surface area contributed by atoms with E-state index in [9.17, 15) is 14.4 Å². The molecule has 0 atom stereocenters. The number of carbonyl (C=O) groups is 3. The molecular weight excluding hydrogens is 429 g/mol. The van der Waals surface area contributed by atoms with Crippen LogP contribution in [0.25, 0.3) is 10.8 Å². The summed E-state index contributed by atoms with van der Waals surface area (Å²) in [5.41, 5.74) is 6.85. The van der Waals surface area contributed by atoms with E-state index in [2.05, 4.69) is 10.6 Å². The maximum absolute atomic E-state index is 13.0. The Labute approximate surface area is 188 Å². The van der Waals surface area contributed by atoms with Gasteiger partial charge in [-0.3, -0.25) is 14.5 Å². The molecule has 0 saturated carbocycles. The molecular formula is C20H27Cl2N5O3. The van der Waals surface area contributed by atoms with Crippen molar-refractivity contribution < 1.29 is 14.4 Å². The molecule has 1 aliphatic rings. The summed E-state index contributed by atoms with van der Waals surface area (Å²) in [6.07, 6.45) is 0.682. The van der Waals surface area contributed by atoms with Crippen LogP contribution in [0.4, 0.5) is 10.5 Å². The number of urea groups is 1. The molecule has 8 nitrogen and oxygen atoms in total. The topological polar surface area (TPSA) is 108 Å². The number of anilines is 1. The average molecular weight is 456 g/mol. The van der Waals surface area contributed by atoms with Crippen LogP contribution in [0.2, 0.25) is 0 Å². The molecule has 0 spiro atoms. The Balaban J connectivity index is 0.00000225. The smallest absolute Gasteiger partial charge is 0.319 e. The van der Waals surface area contributed by atoms with Crippen molar-refractivity contribution >= 4 is 59.1 Å². The van der Waals surface area contributed by atoms with Crippen LogP contribution < -0.4 is 16.4 Å². The molecule has 0 aliphatic carbocycles. The minimum Gasteiger partial charge on any atom is -0.338 e. The van der Waals surface area contributed by atoms with Gasteiger partial charge in [-0.2, -0.15) is 0 Å². The third-order valence-electron chi connectivity index (χ3n) is 4.62. The van der Waals surface area contributed by atoms with Crippen molar-refractivity contribution in [2.75, 3.05) is 45.6 Å². The van der Waals surface area contributed by atoms with Gasteiger partial charge in [-0.25, -0.2) is 4.79 Å². The van der Waals surface area contributed by atoms with Crippen LogP contribution in [0.1, 0.15) is 27.1 Å². The van der Waals surface area contributed by atoms with Crippen LogP contribution in [-0.4, -0.2) is 67.9 Å². The Morgan fingerprint density at radius 1 is 1.10 bits per heavy atom. The van der Waals surface area contributed by atoms with Gasteiger partial charge in [-0.1, -0.05) is 12.1 Å². The monoisotopic (exact) mass is 455 g/mol. The van der Waals surface area contributed by atoms with Crippen LogP contribution in [0.5, 0.6) is 0 Å². The van der Waals surface area contributed by atoms with Gasteiger partial charge in [0.2, 0.25) is 0 Å². The molecule has 0 fully saturated rings. The quantitative estimate of drug-likeness (QED) is 0.438. The lowest BCUT2D eigenvalue weighted by Crippen LogP contribution is -2.43. The van der Waals surface area contributed by atoms with Gasteiger partial charge in [0, 0.05) is 36.3 Å². The van der Waals surface area contributed by atoms with Gasteiger partial charge in [0.25, 0.3) is 11.8 Å². The van der Waals surface area contributed by atoms with Crippen LogP contribution in [0.15, 0.2) is 30.3 Å². The lowest BCUT2D eigenvalue weighted by molar-refractivity contribution is 0.0601. The first-order valence-electron chi connectivity index (χ1n) is 9.25. The molecule has 2 aromatic carbocycles. The van der Waals surface area contributed by atoms with Crippen molar-refractivity contribution in [3.05, 3.63) is 41.5 Å². The molecule has 4 amide bonds. The summed E-state index contributed by atoms with van der Waals surface area (Å²) in [4.78, 5) is 41.1. The van der Waals surface area contributed by atoms with Gasteiger partial charge < -0.3 is 21.3 Å². The highest BCUT2D eigenvalue weighted by molar-refractivity contribution is 6.26. The third kappa shape index (κ3) is 5.40. The Bertz CT molecular complexity index is 936. The summed E-state index contributed by atoms with van der Waals surface area (Å²) in [6.45, 7) is 1.84. The average Bonchev–Trinajstić information content (AvgIpc) is 2.65. The van der Waals surface area contributed by atoms with Crippen molar-refractivity contribution in [2.24, 2.45) is 5.73 Å². The molecule has 164 valence electrons. The molecule has 1 heterocycles. The maximum Gasteiger partial charge on any atom is 0.319 e. The molecule has 30 heavy (non-hydrogen) atoms. The molecule has 0 saturated heterocycles. The van der Waals surface area contributed by atoms with E-state index in [-0.39, 0.29) is 42.7 Å². The van der Waals surface area contributed by atoms with Gasteiger partial charge in [-0.15, -0.1) is 24.8 Å².